The highest BCUT2D eigenvalue weighted by molar-refractivity contribution is 7.13. The summed E-state index contributed by atoms with van der Waals surface area (Å²) in [5.41, 5.74) is 6.21. The molecule has 23 heavy (non-hydrogen) atoms. The number of carboxylic acid groups (broad SMARTS) is 2. The molecule has 0 saturated carbocycles. The summed E-state index contributed by atoms with van der Waals surface area (Å²) in [5, 5.41) is 41.3. The number of aliphatic hydroxyl groups excluding tert-OH is 2. The number of amides is 1. The Kier molecular flexibility index (Phi) is 6.32. The number of hydrogen-bond acceptors (Lipinski definition) is 8. The normalized spacial score (nSPS) is 12.6. The second-order valence-corrected chi connectivity index (χ2v) is 4.81. The van der Waals surface area contributed by atoms with E-state index in [2.05, 4.69) is 15.2 Å². The predicted molar refractivity (Wildman–Crippen MR) is 75.5 cm³/mol. The average Bonchev–Trinajstić information content (AvgIpc) is 3.16. The van der Waals surface area contributed by atoms with E-state index in [-0.39, 0.29) is 0 Å². The number of carboxylic acids is 2. The SMILES string of the molecule is NC(=O)c1csc(-c2cn[nH]c2)n1.O=C(O)C(O)C(O)C(=O)O. The Balaban J connectivity index is 0.000000241. The Morgan fingerprint density at radius 3 is 2.09 bits per heavy atom. The minimum absolute atomic E-state index is 0.293. The van der Waals surface area contributed by atoms with Crippen molar-refractivity contribution in [2.45, 2.75) is 12.2 Å². The Morgan fingerprint density at radius 2 is 1.74 bits per heavy atom. The van der Waals surface area contributed by atoms with Gasteiger partial charge in [0.1, 0.15) is 10.7 Å². The number of carbonyl (C=O) groups is 3. The van der Waals surface area contributed by atoms with Crippen molar-refractivity contribution in [2.24, 2.45) is 5.73 Å². The van der Waals surface area contributed by atoms with Crippen molar-refractivity contribution >= 4 is 29.2 Å². The summed E-state index contributed by atoms with van der Waals surface area (Å²) < 4.78 is 0. The lowest BCUT2D eigenvalue weighted by atomic mass is 10.2. The minimum Gasteiger partial charge on any atom is -0.479 e. The summed E-state index contributed by atoms with van der Waals surface area (Å²) in [6.07, 6.45) is -1.18. The number of hydrogen-bond donors (Lipinski definition) is 6. The van der Waals surface area contributed by atoms with E-state index in [1.165, 1.54) is 11.3 Å². The number of aromatic nitrogens is 3. The zero-order valence-electron chi connectivity index (χ0n) is 11.3. The first-order valence-corrected chi connectivity index (χ1v) is 6.68. The molecule has 0 aliphatic rings. The fraction of sp³-hybridized carbons (Fsp3) is 0.182. The van der Waals surface area contributed by atoms with Crippen LogP contribution in [0, 0.1) is 0 Å². The molecule has 0 saturated heterocycles. The second kappa shape index (κ2) is 7.98. The summed E-state index contributed by atoms with van der Waals surface area (Å²) in [6.45, 7) is 0. The number of nitrogens with two attached hydrogens (primary N) is 1. The average molecular weight is 344 g/mol. The van der Waals surface area contributed by atoms with Crippen molar-refractivity contribution in [3.05, 3.63) is 23.5 Å². The summed E-state index contributed by atoms with van der Waals surface area (Å²) in [4.78, 5) is 34.3. The third-order valence-electron chi connectivity index (χ3n) is 2.31. The quantitative estimate of drug-likeness (QED) is 0.373. The molecule has 0 bridgehead atoms. The largest absolute Gasteiger partial charge is 0.479 e. The third-order valence-corrected chi connectivity index (χ3v) is 3.20. The molecule has 0 aliphatic heterocycles. The topological polar surface area (TPSA) is 200 Å². The van der Waals surface area contributed by atoms with Crippen molar-refractivity contribution in [3.63, 3.8) is 0 Å². The number of H-pyrrole nitrogens is 1. The van der Waals surface area contributed by atoms with Gasteiger partial charge in [0.05, 0.1) is 6.20 Å². The number of nitrogens with one attached hydrogen (secondary N) is 1. The number of thiazole rings is 1. The summed E-state index contributed by atoms with van der Waals surface area (Å²) in [5.74, 6) is -4.05. The van der Waals surface area contributed by atoms with Gasteiger partial charge in [-0.15, -0.1) is 11.3 Å². The van der Waals surface area contributed by atoms with Crippen molar-refractivity contribution in [1.82, 2.24) is 15.2 Å². The van der Waals surface area contributed by atoms with Crippen LogP contribution in [0.1, 0.15) is 10.5 Å². The molecule has 0 aromatic carbocycles. The lowest BCUT2D eigenvalue weighted by Crippen LogP contribution is -2.39. The first kappa shape index (κ1) is 18.2. The van der Waals surface area contributed by atoms with Crippen LogP contribution in [-0.2, 0) is 9.59 Å². The fourth-order valence-electron chi connectivity index (χ4n) is 1.16. The molecular weight excluding hydrogens is 332 g/mol. The van der Waals surface area contributed by atoms with E-state index in [4.69, 9.17) is 26.2 Å². The molecule has 0 fully saturated rings. The Labute approximate surface area is 132 Å². The molecule has 2 unspecified atom stereocenters. The van der Waals surface area contributed by atoms with Crippen LogP contribution in [0.3, 0.4) is 0 Å². The molecule has 0 spiro atoms. The van der Waals surface area contributed by atoms with Gasteiger partial charge in [-0.1, -0.05) is 0 Å². The van der Waals surface area contributed by atoms with Crippen molar-refractivity contribution in [3.8, 4) is 10.6 Å². The van der Waals surface area contributed by atoms with Crippen molar-refractivity contribution < 1.29 is 34.8 Å². The second-order valence-electron chi connectivity index (χ2n) is 3.96. The van der Waals surface area contributed by atoms with Gasteiger partial charge in [0, 0.05) is 17.1 Å². The Hall–Kier alpha value is -2.83. The molecule has 2 aromatic rings. The highest BCUT2D eigenvalue weighted by Crippen LogP contribution is 2.21. The molecule has 11 nitrogen and oxygen atoms in total. The number of rotatable bonds is 5. The molecule has 0 radical (unpaired) electrons. The molecular formula is C11H12N4O7S. The van der Waals surface area contributed by atoms with Gasteiger partial charge in [-0.2, -0.15) is 5.10 Å². The highest BCUT2D eigenvalue weighted by atomic mass is 32.1. The van der Waals surface area contributed by atoms with Crippen LogP contribution in [0.5, 0.6) is 0 Å². The molecule has 2 rings (SSSR count). The molecule has 2 atom stereocenters. The maximum atomic E-state index is 10.7. The van der Waals surface area contributed by atoms with E-state index in [1.54, 1.807) is 17.8 Å². The summed E-state index contributed by atoms with van der Waals surface area (Å²) in [6, 6.07) is 0. The van der Waals surface area contributed by atoms with Gasteiger partial charge in [-0.3, -0.25) is 9.89 Å². The molecule has 2 aromatic heterocycles. The molecule has 12 heteroatoms. The highest BCUT2D eigenvalue weighted by Gasteiger charge is 2.29. The molecule has 1 amide bonds. The maximum absolute atomic E-state index is 10.7. The van der Waals surface area contributed by atoms with Crippen molar-refractivity contribution in [2.75, 3.05) is 0 Å². The van der Waals surface area contributed by atoms with Crippen LogP contribution in [0.2, 0.25) is 0 Å². The first-order chi connectivity index (χ1) is 10.7. The Morgan fingerprint density at radius 1 is 1.17 bits per heavy atom. The van der Waals surface area contributed by atoms with Crippen LogP contribution in [0.4, 0.5) is 0 Å². The van der Waals surface area contributed by atoms with Crippen LogP contribution in [0.25, 0.3) is 10.6 Å². The van der Waals surface area contributed by atoms with Gasteiger partial charge in [0.25, 0.3) is 5.91 Å². The molecule has 7 N–H and O–H groups in total. The molecule has 124 valence electrons. The zero-order valence-corrected chi connectivity index (χ0v) is 12.1. The van der Waals surface area contributed by atoms with Gasteiger partial charge in [-0.05, 0) is 0 Å². The predicted octanol–water partition coefficient (Wildman–Crippen LogP) is -1.49. The monoisotopic (exact) mass is 344 g/mol. The number of aliphatic hydroxyl groups is 2. The van der Waals surface area contributed by atoms with E-state index < -0.39 is 30.1 Å². The summed E-state index contributed by atoms with van der Waals surface area (Å²) >= 11 is 1.36. The van der Waals surface area contributed by atoms with Gasteiger partial charge in [0.2, 0.25) is 0 Å². The number of primary amides is 1. The first-order valence-electron chi connectivity index (χ1n) is 5.80. The summed E-state index contributed by atoms with van der Waals surface area (Å²) in [7, 11) is 0. The lowest BCUT2D eigenvalue weighted by Gasteiger charge is -2.07. The molecule has 2 heterocycles. The number of carbonyl (C=O) groups excluding carboxylic acids is 1. The van der Waals surface area contributed by atoms with Crippen LogP contribution >= 0.6 is 11.3 Å². The van der Waals surface area contributed by atoms with E-state index >= 15 is 0 Å². The van der Waals surface area contributed by atoms with Gasteiger partial charge in [-0.25, -0.2) is 14.6 Å². The van der Waals surface area contributed by atoms with Gasteiger partial charge >= 0.3 is 11.9 Å². The van der Waals surface area contributed by atoms with Crippen LogP contribution in [-0.4, -0.2) is 65.7 Å². The smallest absolute Gasteiger partial charge is 0.335 e. The van der Waals surface area contributed by atoms with E-state index in [0.717, 1.165) is 10.6 Å². The van der Waals surface area contributed by atoms with Crippen molar-refractivity contribution in [1.29, 1.82) is 0 Å². The maximum Gasteiger partial charge on any atom is 0.335 e. The van der Waals surface area contributed by atoms with Gasteiger partial charge in [0.15, 0.2) is 12.2 Å². The number of aromatic amines is 1. The van der Waals surface area contributed by atoms with E-state index in [0.29, 0.717) is 5.69 Å². The van der Waals surface area contributed by atoms with E-state index in [1.807, 2.05) is 0 Å². The standard InChI is InChI=1S/C7H6N4OS.C4H6O6/c8-6(12)5-3-13-7(11-5)4-1-9-10-2-4;5-1(3(7)8)2(6)4(9)10/h1-3H,(H2,8,12)(H,9,10);1-2,5-6H,(H,7,8)(H,9,10). The van der Waals surface area contributed by atoms with E-state index in [9.17, 15) is 14.4 Å². The van der Waals surface area contributed by atoms with Crippen LogP contribution < -0.4 is 5.73 Å². The molecule has 0 aliphatic carbocycles. The number of aliphatic carboxylic acids is 2. The zero-order chi connectivity index (χ0) is 17.6. The third kappa shape index (κ3) is 5.14. The minimum atomic E-state index is -2.27. The van der Waals surface area contributed by atoms with Crippen LogP contribution in [0.15, 0.2) is 17.8 Å². The lowest BCUT2D eigenvalue weighted by molar-refractivity contribution is -0.165. The van der Waals surface area contributed by atoms with Gasteiger partial charge < -0.3 is 26.2 Å². The Bertz CT molecular complexity index is 666. The fourth-order valence-corrected chi connectivity index (χ4v) is 1.95. The number of nitrogens with zero attached hydrogens (tertiary/aromatic N) is 2.